The van der Waals surface area contributed by atoms with E-state index in [1.807, 2.05) is 0 Å². The van der Waals surface area contributed by atoms with Gasteiger partial charge in [-0.25, -0.2) is 0 Å². The number of para-hydroxylation sites is 2. The molecule has 3 amide bonds. The number of sulfonamides is 1. The van der Waals surface area contributed by atoms with Crippen molar-refractivity contribution in [1.29, 1.82) is 0 Å². The summed E-state index contributed by atoms with van der Waals surface area (Å²) in [6.45, 7) is 1.98. The van der Waals surface area contributed by atoms with Gasteiger partial charge in [0, 0.05) is 38.3 Å². The molecule has 3 aromatic rings. The predicted molar refractivity (Wildman–Crippen MR) is 154 cm³/mol. The van der Waals surface area contributed by atoms with Crippen LogP contribution in [-0.2, 0) is 24.3 Å². The first kappa shape index (κ1) is 29.1. The fourth-order valence-electron chi connectivity index (χ4n) is 4.76. The second-order valence-electron chi connectivity index (χ2n) is 9.89. The Labute approximate surface area is 244 Å². The van der Waals surface area contributed by atoms with E-state index in [1.54, 1.807) is 70.5 Å². The van der Waals surface area contributed by atoms with E-state index >= 15 is 0 Å². The van der Waals surface area contributed by atoms with E-state index in [9.17, 15) is 22.8 Å². The van der Waals surface area contributed by atoms with Gasteiger partial charge in [0.1, 0.15) is 6.10 Å². The second-order valence-corrected chi connectivity index (χ2v) is 11.6. The molecule has 220 valence electrons. The molecule has 1 N–H and O–H groups in total. The number of hydrogen-bond acceptors (Lipinski definition) is 7. The molecular weight excluding hydrogens is 560 g/mol. The van der Waals surface area contributed by atoms with Crippen molar-refractivity contribution in [2.45, 2.75) is 23.8 Å². The first-order chi connectivity index (χ1) is 20.3. The zero-order chi connectivity index (χ0) is 29.5. The number of carbonyl (C=O) groups is 3. The van der Waals surface area contributed by atoms with E-state index in [0.717, 1.165) is 17.3 Å². The molecule has 0 aromatic heterocycles. The van der Waals surface area contributed by atoms with Crippen LogP contribution in [0.15, 0.2) is 89.8 Å². The summed E-state index contributed by atoms with van der Waals surface area (Å²) >= 11 is 0. The summed E-state index contributed by atoms with van der Waals surface area (Å²) in [5, 5.41) is 2.60. The molecule has 5 rings (SSSR count). The molecule has 0 bridgehead atoms. The van der Waals surface area contributed by atoms with Crippen LogP contribution in [-0.4, -0.2) is 81.4 Å². The molecule has 0 spiro atoms. The van der Waals surface area contributed by atoms with Gasteiger partial charge in [-0.3, -0.25) is 14.4 Å². The van der Waals surface area contributed by atoms with Gasteiger partial charge in [-0.1, -0.05) is 40.9 Å². The lowest BCUT2D eigenvalue weighted by Gasteiger charge is -2.35. The van der Waals surface area contributed by atoms with Crippen molar-refractivity contribution in [2.24, 2.45) is 0 Å². The van der Waals surface area contributed by atoms with E-state index < -0.39 is 15.9 Å². The number of nitrogens with zero attached hydrogens (tertiary/aromatic N) is 3. The fraction of sp³-hybridized carbons (Fsp3) is 0.300. The average molecular weight is 593 g/mol. The van der Waals surface area contributed by atoms with Crippen molar-refractivity contribution in [1.82, 2.24) is 15.1 Å². The summed E-state index contributed by atoms with van der Waals surface area (Å²) in [5.41, 5.74) is 0.503. The molecule has 2 aliphatic heterocycles. The molecule has 2 aliphatic rings. The number of rotatable bonds is 9. The monoisotopic (exact) mass is 592 g/mol. The Hall–Kier alpha value is -4.42. The number of ether oxygens (including phenoxy) is 1. The Morgan fingerprint density at radius 3 is 2.10 bits per heavy atom. The summed E-state index contributed by atoms with van der Waals surface area (Å²) in [6.07, 6.45) is 1.22. The number of anilines is 1. The highest BCUT2D eigenvalue weighted by atomic mass is 32.2. The number of nitrogens with one attached hydrogen (secondary N) is 1. The van der Waals surface area contributed by atoms with Crippen LogP contribution in [0.25, 0.3) is 0 Å². The highest BCUT2D eigenvalue weighted by molar-refractivity contribution is 7.92. The third-order valence-corrected chi connectivity index (χ3v) is 8.67. The Kier molecular flexibility index (Phi) is 9.03. The number of hydrogen-bond donors (Lipinski definition) is 1. The zero-order valence-electron chi connectivity index (χ0n) is 22.9. The largest absolute Gasteiger partial charge is 0.368 e. The predicted octanol–water partition coefficient (Wildman–Crippen LogP) is 2.46. The van der Waals surface area contributed by atoms with Gasteiger partial charge in [0.15, 0.2) is 5.75 Å². The molecule has 42 heavy (non-hydrogen) atoms. The second kappa shape index (κ2) is 13.0. The Bertz CT molecular complexity index is 1490. The third kappa shape index (κ3) is 6.72. The van der Waals surface area contributed by atoms with E-state index in [0.29, 0.717) is 44.2 Å². The minimum absolute atomic E-state index is 0.0307. The summed E-state index contributed by atoms with van der Waals surface area (Å²) < 4.78 is 33.4. The highest BCUT2D eigenvalue weighted by Gasteiger charge is 2.31. The van der Waals surface area contributed by atoms with Gasteiger partial charge in [-0.2, -0.15) is 8.42 Å². The van der Waals surface area contributed by atoms with Gasteiger partial charge in [0.2, 0.25) is 5.91 Å². The standard InChI is InChI=1S/C30H32N4O7S/c35-28(32-17-19-33(20-18-32)30(37)27-12-7-21-40-27)22-31-29(36)23-13-15-26(16-14-23)42(38,39)34(24-8-3-1-4-9-24)41-25-10-5-2-6-11-25/h1-6,8-11,13-16,27H,7,12,17-22H2,(H,31,36). The van der Waals surface area contributed by atoms with Gasteiger partial charge in [0.05, 0.1) is 17.1 Å². The number of benzene rings is 3. The van der Waals surface area contributed by atoms with Crippen molar-refractivity contribution in [2.75, 3.05) is 43.8 Å². The van der Waals surface area contributed by atoms with Gasteiger partial charge < -0.3 is 24.7 Å². The molecule has 11 nitrogen and oxygen atoms in total. The summed E-state index contributed by atoms with van der Waals surface area (Å²) in [5.74, 6) is -0.471. The molecule has 0 radical (unpaired) electrons. The summed E-state index contributed by atoms with van der Waals surface area (Å²) in [6, 6.07) is 22.3. The number of amides is 3. The Morgan fingerprint density at radius 1 is 0.857 bits per heavy atom. The Morgan fingerprint density at radius 2 is 1.48 bits per heavy atom. The van der Waals surface area contributed by atoms with Crippen LogP contribution in [0.5, 0.6) is 5.75 Å². The highest BCUT2D eigenvalue weighted by Crippen LogP contribution is 2.26. The van der Waals surface area contributed by atoms with Crippen LogP contribution in [0.3, 0.4) is 0 Å². The van der Waals surface area contributed by atoms with Crippen molar-refractivity contribution in [3.63, 3.8) is 0 Å². The molecule has 2 fully saturated rings. The smallest absolute Gasteiger partial charge is 0.295 e. The molecule has 3 aromatic carbocycles. The molecule has 2 saturated heterocycles. The lowest BCUT2D eigenvalue weighted by atomic mass is 10.2. The molecule has 0 saturated carbocycles. The summed E-state index contributed by atoms with van der Waals surface area (Å²) in [4.78, 5) is 47.0. The van der Waals surface area contributed by atoms with Crippen LogP contribution >= 0.6 is 0 Å². The normalized spacial score (nSPS) is 17.0. The van der Waals surface area contributed by atoms with Crippen LogP contribution in [0.1, 0.15) is 23.2 Å². The van der Waals surface area contributed by atoms with Crippen molar-refractivity contribution in [3.8, 4) is 5.75 Å². The van der Waals surface area contributed by atoms with Crippen LogP contribution in [0, 0.1) is 0 Å². The van der Waals surface area contributed by atoms with Crippen LogP contribution in [0.4, 0.5) is 5.69 Å². The van der Waals surface area contributed by atoms with E-state index in [1.165, 1.54) is 24.3 Å². The van der Waals surface area contributed by atoms with E-state index in [2.05, 4.69) is 5.32 Å². The fourth-order valence-corrected chi connectivity index (χ4v) is 6.02. The molecule has 2 heterocycles. The number of piperazine rings is 1. The summed E-state index contributed by atoms with van der Waals surface area (Å²) in [7, 11) is -4.17. The first-order valence-electron chi connectivity index (χ1n) is 13.7. The van der Waals surface area contributed by atoms with E-state index in [4.69, 9.17) is 9.57 Å². The molecule has 0 aliphatic carbocycles. The van der Waals surface area contributed by atoms with Crippen molar-refractivity contribution in [3.05, 3.63) is 90.5 Å². The lowest BCUT2D eigenvalue weighted by molar-refractivity contribution is -0.145. The maximum absolute atomic E-state index is 13.6. The zero-order valence-corrected chi connectivity index (χ0v) is 23.7. The van der Waals surface area contributed by atoms with Gasteiger partial charge in [0.25, 0.3) is 21.8 Å². The van der Waals surface area contributed by atoms with E-state index in [-0.39, 0.29) is 34.9 Å². The maximum Gasteiger partial charge on any atom is 0.295 e. The third-order valence-electron chi connectivity index (χ3n) is 7.08. The van der Waals surface area contributed by atoms with Crippen LogP contribution < -0.4 is 14.6 Å². The average Bonchev–Trinajstić information content (AvgIpc) is 3.58. The van der Waals surface area contributed by atoms with Gasteiger partial charge in [-0.05, 0) is 61.4 Å². The quantitative estimate of drug-likeness (QED) is 0.379. The van der Waals surface area contributed by atoms with Crippen molar-refractivity contribution < 1.29 is 32.4 Å². The lowest BCUT2D eigenvalue weighted by Crippen LogP contribution is -2.54. The van der Waals surface area contributed by atoms with Gasteiger partial charge >= 0.3 is 0 Å². The maximum atomic E-state index is 13.6. The SMILES string of the molecule is O=C(NCC(=O)N1CCN(C(=O)C2CCCO2)CC1)c1ccc(S(=O)(=O)N(Oc2ccccc2)c2ccccc2)cc1. The molecule has 1 atom stereocenters. The first-order valence-corrected chi connectivity index (χ1v) is 15.2. The van der Waals surface area contributed by atoms with Crippen molar-refractivity contribution >= 4 is 33.4 Å². The molecule has 1 unspecified atom stereocenters. The van der Waals surface area contributed by atoms with Gasteiger partial charge in [-0.15, -0.1) is 0 Å². The topological polar surface area (TPSA) is 126 Å². The van der Waals surface area contributed by atoms with Crippen LogP contribution in [0.2, 0.25) is 0 Å². The molecular formula is C30H32N4O7S. The molecule has 12 heteroatoms. The Balaban J connectivity index is 1.18. The minimum atomic E-state index is -4.17. The minimum Gasteiger partial charge on any atom is -0.368 e. The number of carbonyl (C=O) groups excluding carboxylic acids is 3.